The highest BCUT2D eigenvalue weighted by atomic mass is 32.1. The molecule has 3 aromatic rings. The Labute approximate surface area is 185 Å². The van der Waals surface area contributed by atoms with Crippen molar-refractivity contribution in [3.63, 3.8) is 0 Å². The summed E-state index contributed by atoms with van der Waals surface area (Å²) < 4.78 is 17.5. The van der Waals surface area contributed by atoms with E-state index >= 15 is 0 Å². The average Bonchev–Trinajstić information content (AvgIpc) is 3.25. The second-order valence-corrected chi connectivity index (χ2v) is 8.37. The number of anilines is 1. The monoisotopic (exact) mass is 439 g/mol. The fourth-order valence-corrected chi connectivity index (χ4v) is 4.33. The van der Waals surface area contributed by atoms with E-state index in [1.807, 2.05) is 30.3 Å². The molecule has 0 spiro atoms. The van der Waals surface area contributed by atoms with Crippen molar-refractivity contribution in [2.24, 2.45) is 0 Å². The maximum Gasteiger partial charge on any atom is 0.224 e. The van der Waals surface area contributed by atoms with Crippen molar-refractivity contribution in [1.82, 2.24) is 19.6 Å². The van der Waals surface area contributed by atoms with E-state index in [9.17, 15) is 9.18 Å². The molecule has 8 heteroatoms. The third-order valence-corrected chi connectivity index (χ3v) is 6.15. The van der Waals surface area contributed by atoms with Crippen molar-refractivity contribution < 1.29 is 9.18 Å². The minimum atomic E-state index is -0.232. The molecule has 4 rings (SSSR count). The lowest BCUT2D eigenvalue weighted by Gasteiger charge is -2.34. The van der Waals surface area contributed by atoms with Crippen LogP contribution in [0.15, 0.2) is 54.6 Å². The van der Waals surface area contributed by atoms with Crippen LogP contribution in [0.1, 0.15) is 17.0 Å². The molecule has 1 N–H and O–H groups in total. The fraction of sp³-hybridized carbons (Fsp3) is 0.348. The number of carbonyl (C=O) groups excluding carboxylic acids is 1. The third kappa shape index (κ3) is 6.32. The van der Waals surface area contributed by atoms with Gasteiger partial charge in [0.25, 0.3) is 0 Å². The number of aromatic nitrogens is 2. The molecule has 162 valence electrons. The Hall–Kier alpha value is -2.84. The van der Waals surface area contributed by atoms with Crippen molar-refractivity contribution in [2.45, 2.75) is 12.8 Å². The van der Waals surface area contributed by atoms with Gasteiger partial charge in [0.2, 0.25) is 11.0 Å². The number of halogens is 1. The summed E-state index contributed by atoms with van der Waals surface area (Å²) in [4.78, 5) is 21.4. The molecule has 0 atom stereocenters. The lowest BCUT2D eigenvalue weighted by Crippen LogP contribution is -2.48. The van der Waals surface area contributed by atoms with Crippen LogP contribution in [-0.4, -0.2) is 59.4 Å². The number of hydrogen-bond acceptors (Lipinski definition) is 6. The largest absolute Gasteiger partial charge is 0.355 e. The molecule has 1 amide bonds. The second kappa shape index (κ2) is 10.5. The SMILES string of the molecule is O=C(Cc1ccccc1)NCCN1CCN(c2nc(Cc3ccc(F)cc3)ns2)CC1. The molecule has 2 aromatic carbocycles. The van der Waals surface area contributed by atoms with E-state index < -0.39 is 0 Å². The van der Waals surface area contributed by atoms with Gasteiger partial charge in [-0.15, -0.1) is 0 Å². The highest BCUT2D eigenvalue weighted by Gasteiger charge is 2.20. The summed E-state index contributed by atoms with van der Waals surface area (Å²) in [6.07, 6.45) is 1.03. The van der Waals surface area contributed by atoms with Crippen LogP contribution < -0.4 is 10.2 Å². The van der Waals surface area contributed by atoms with E-state index in [1.54, 1.807) is 12.1 Å². The molecule has 1 aliphatic rings. The quantitative estimate of drug-likeness (QED) is 0.585. The van der Waals surface area contributed by atoms with Crippen LogP contribution in [0.4, 0.5) is 9.52 Å². The van der Waals surface area contributed by atoms with Crippen LogP contribution in [0.5, 0.6) is 0 Å². The third-order valence-electron chi connectivity index (χ3n) is 5.33. The van der Waals surface area contributed by atoms with Crippen LogP contribution in [0, 0.1) is 5.82 Å². The number of amides is 1. The van der Waals surface area contributed by atoms with Gasteiger partial charge in [0.05, 0.1) is 6.42 Å². The predicted octanol–water partition coefficient (Wildman–Crippen LogP) is 2.75. The minimum Gasteiger partial charge on any atom is -0.355 e. The highest BCUT2D eigenvalue weighted by Crippen LogP contribution is 2.20. The average molecular weight is 440 g/mol. The first-order valence-electron chi connectivity index (χ1n) is 10.5. The number of nitrogens with zero attached hydrogens (tertiary/aromatic N) is 4. The Balaban J connectivity index is 1.17. The number of benzene rings is 2. The van der Waals surface area contributed by atoms with Crippen molar-refractivity contribution in [3.8, 4) is 0 Å². The van der Waals surface area contributed by atoms with E-state index in [-0.39, 0.29) is 11.7 Å². The Kier molecular flexibility index (Phi) is 7.22. The molecule has 1 saturated heterocycles. The van der Waals surface area contributed by atoms with Gasteiger partial charge in [0.1, 0.15) is 11.6 Å². The zero-order valence-electron chi connectivity index (χ0n) is 17.3. The van der Waals surface area contributed by atoms with Gasteiger partial charge in [-0.05, 0) is 23.3 Å². The van der Waals surface area contributed by atoms with Crippen LogP contribution in [0.2, 0.25) is 0 Å². The van der Waals surface area contributed by atoms with E-state index in [0.29, 0.717) is 19.4 Å². The van der Waals surface area contributed by atoms with Gasteiger partial charge in [-0.3, -0.25) is 9.69 Å². The second-order valence-electron chi connectivity index (χ2n) is 7.64. The van der Waals surface area contributed by atoms with Gasteiger partial charge < -0.3 is 10.2 Å². The Morgan fingerprint density at radius 1 is 1.00 bits per heavy atom. The lowest BCUT2D eigenvalue weighted by molar-refractivity contribution is -0.120. The molecule has 0 aliphatic carbocycles. The molecule has 0 radical (unpaired) electrons. The van der Waals surface area contributed by atoms with Crippen molar-refractivity contribution in [3.05, 3.63) is 77.4 Å². The summed E-state index contributed by atoms with van der Waals surface area (Å²) in [7, 11) is 0. The molecule has 2 heterocycles. The van der Waals surface area contributed by atoms with Crippen LogP contribution >= 0.6 is 11.5 Å². The summed E-state index contributed by atoms with van der Waals surface area (Å²) in [6.45, 7) is 5.15. The van der Waals surface area contributed by atoms with Gasteiger partial charge in [0.15, 0.2) is 0 Å². The number of hydrogen-bond donors (Lipinski definition) is 1. The Morgan fingerprint density at radius 3 is 2.48 bits per heavy atom. The summed E-state index contributed by atoms with van der Waals surface area (Å²) >= 11 is 1.42. The summed E-state index contributed by atoms with van der Waals surface area (Å²) in [5.41, 5.74) is 2.04. The number of rotatable bonds is 8. The first-order chi connectivity index (χ1) is 15.2. The summed E-state index contributed by atoms with van der Waals surface area (Å²) in [5, 5.41) is 3.95. The zero-order chi connectivity index (χ0) is 21.5. The normalized spacial score (nSPS) is 14.5. The maximum absolute atomic E-state index is 13.0. The van der Waals surface area contributed by atoms with Gasteiger partial charge in [-0.2, -0.15) is 4.37 Å². The molecular formula is C23H26FN5OS. The molecule has 0 unspecified atom stereocenters. The molecule has 1 aromatic heterocycles. The molecular weight excluding hydrogens is 413 g/mol. The van der Waals surface area contributed by atoms with Crippen LogP contribution in [0.3, 0.4) is 0 Å². The van der Waals surface area contributed by atoms with E-state index in [0.717, 1.165) is 54.8 Å². The van der Waals surface area contributed by atoms with E-state index in [2.05, 4.69) is 24.5 Å². The Morgan fingerprint density at radius 2 is 1.74 bits per heavy atom. The molecule has 0 saturated carbocycles. The van der Waals surface area contributed by atoms with Crippen molar-refractivity contribution >= 4 is 22.6 Å². The zero-order valence-corrected chi connectivity index (χ0v) is 18.2. The number of carbonyl (C=O) groups is 1. The highest BCUT2D eigenvalue weighted by molar-refractivity contribution is 7.09. The maximum atomic E-state index is 13.0. The van der Waals surface area contributed by atoms with Gasteiger partial charge in [-0.1, -0.05) is 42.5 Å². The van der Waals surface area contributed by atoms with Crippen molar-refractivity contribution in [1.29, 1.82) is 0 Å². The van der Waals surface area contributed by atoms with Crippen LogP contribution in [0.25, 0.3) is 0 Å². The fourth-order valence-electron chi connectivity index (χ4n) is 3.59. The smallest absolute Gasteiger partial charge is 0.224 e. The van der Waals surface area contributed by atoms with Gasteiger partial charge in [0, 0.05) is 57.2 Å². The number of nitrogens with one attached hydrogen (secondary N) is 1. The molecule has 1 aliphatic heterocycles. The molecule has 0 bridgehead atoms. The topological polar surface area (TPSA) is 61.4 Å². The summed E-state index contributed by atoms with van der Waals surface area (Å²) in [5.74, 6) is 0.604. The standard InChI is InChI=1S/C23H26FN5OS/c24-20-8-6-19(7-9-20)16-21-26-23(31-27-21)29-14-12-28(13-15-29)11-10-25-22(30)17-18-4-2-1-3-5-18/h1-9H,10-17H2,(H,25,30). The first-order valence-corrected chi connectivity index (χ1v) is 11.3. The van der Waals surface area contributed by atoms with Gasteiger partial charge in [-0.25, -0.2) is 9.37 Å². The van der Waals surface area contributed by atoms with Crippen molar-refractivity contribution in [2.75, 3.05) is 44.2 Å². The number of piperazine rings is 1. The minimum absolute atomic E-state index is 0.0624. The van der Waals surface area contributed by atoms with E-state index in [1.165, 1.54) is 23.7 Å². The predicted molar refractivity (Wildman–Crippen MR) is 121 cm³/mol. The first kappa shape index (κ1) is 21.4. The molecule has 6 nitrogen and oxygen atoms in total. The molecule has 1 fully saturated rings. The Bertz CT molecular complexity index is 971. The van der Waals surface area contributed by atoms with Gasteiger partial charge >= 0.3 is 0 Å². The lowest BCUT2D eigenvalue weighted by atomic mass is 10.1. The molecule has 31 heavy (non-hydrogen) atoms. The summed E-state index contributed by atoms with van der Waals surface area (Å²) in [6, 6.07) is 16.3. The van der Waals surface area contributed by atoms with Crippen LogP contribution in [-0.2, 0) is 17.6 Å². The van der Waals surface area contributed by atoms with E-state index in [4.69, 9.17) is 0 Å².